The number of ether oxygens (including phenoxy) is 1. The highest BCUT2D eigenvalue weighted by Crippen LogP contribution is 2.33. The van der Waals surface area contributed by atoms with E-state index in [1.165, 1.54) is 34.7 Å². The highest BCUT2D eigenvalue weighted by atomic mass is 32.2. The number of hydrogen-bond donors (Lipinski definition) is 0. The summed E-state index contributed by atoms with van der Waals surface area (Å²) in [4.78, 5) is 28.6. The summed E-state index contributed by atoms with van der Waals surface area (Å²) in [5.74, 6) is 2.40. The van der Waals surface area contributed by atoms with Crippen molar-refractivity contribution in [1.82, 2.24) is 19.6 Å². The first kappa shape index (κ1) is 18.0. The van der Waals surface area contributed by atoms with E-state index in [2.05, 4.69) is 10.00 Å². The van der Waals surface area contributed by atoms with Crippen molar-refractivity contribution in [3.8, 4) is 0 Å². The van der Waals surface area contributed by atoms with E-state index in [-0.39, 0.29) is 17.1 Å². The molecule has 26 heavy (non-hydrogen) atoms. The van der Waals surface area contributed by atoms with E-state index >= 15 is 0 Å². The molecule has 3 aliphatic heterocycles. The number of morpholine rings is 1. The van der Waals surface area contributed by atoms with Gasteiger partial charge in [0.25, 0.3) is 11.5 Å². The lowest BCUT2D eigenvalue weighted by molar-refractivity contribution is -0.138. The topological polar surface area (TPSA) is 67.7 Å². The van der Waals surface area contributed by atoms with Gasteiger partial charge in [-0.3, -0.25) is 14.5 Å². The Labute approximate surface area is 157 Å². The van der Waals surface area contributed by atoms with Crippen LogP contribution < -0.4 is 5.56 Å². The Morgan fingerprint density at radius 3 is 2.81 bits per heavy atom. The molecule has 0 aliphatic carbocycles. The second kappa shape index (κ2) is 7.32. The molecule has 3 fully saturated rings. The van der Waals surface area contributed by atoms with E-state index in [9.17, 15) is 9.59 Å². The predicted octanol–water partition coefficient (Wildman–Crippen LogP) is 0.593. The molecule has 0 radical (unpaired) electrons. The second-order valence-corrected chi connectivity index (χ2v) is 8.64. The van der Waals surface area contributed by atoms with Gasteiger partial charge in [0, 0.05) is 51.1 Å². The van der Waals surface area contributed by atoms with Gasteiger partial charge in [0.05, 0.1) is 12.2 Å². The Bertz CT molecular complexity index is 723. The van der Waals surface area contributed by atoms with Crippen LogP contribution in [-0.4, -0.2) is 81.4 Å². The van der Waals surface area contributed by atoms with Crippen LogP contribution in [0.1, 0.15) is 29.8 Å². The summed E-state index contributed by atoms with van der Waals surface area (Å²) in [7, 11) is 1.57. The minimum atomic E-state index is -0.208. The maximum absolute atomic E-state index is 12.7. The van der Waals surface area contributed by atoms with Crippen LogP contribution in [0.3, 0.4) is 0 Å². The Kier molecular flexibility index (Phi) is 5.07. The number of piperidine rings is 1. The molecule has 1 atom stereocenters. The van der Waals surface area contributed by atoms with Gasteiger partial charge in [0.1, 0.15) is 5.69 Å². The first-order valence-corrected chi connectivity index (χ1v) is 10.5. The van der Waals surface area contributed by atoms with E-state index in [0.717, 1.165) is 32.5 Å². The molecule has 7 nitrogen and oxygen atoms in total. The maximum Gasteiger partial charge on any atom is 0.274 e. The standard InChI is InChI=1S/C18H26N4O3S/c1-20-16(23)3-2-15(19-20)17(24)21-7-5-18(6-8-21)13-22(9-10-25-18)14-4-11-26-12-14/h2-3,14H,4-13H2,1H3. The zero-order valence-corrected chi connectivity index (χ0v) is 16.0. The lowest BCUT2D eigenvalue weighted by Crippen LogP contribution is -2.59. The molecule has 1 amide bonds. The molecule has 1 aromatic heterocycles. The second-order valence-electron chi connectivity index (χ2n) is 7.49. The number of rotatable bonds is 2. The number of aromatic nitrogens is 2. The number of carbonyl (C=O) groups is 1. The molecule has 0 saturated carbocycles. The molecule has 4 rings (SSSR count). The largest absolute Gasteiger partial charge is 0.372 e. The lowest BCUT2D eigenvalue weighted by Gasteiger charge is -2.48. The fraction of sp³-hybridized carbons (Fsp3) is 0.722. The van der Waals surface area contributed by atoms with Gasteiger partial charge in [-0.05, 0) is 31.1 Å². The van der Waals surface area contributed by atoms with Crippen LogP contribution in [0.15, 0.2) is 16.9 Å². The molecule has 3 saturated heterocycles. The molecule has 3 aliphatic rings. The Morgan fingerprint density at radius 1 is 1.31 bits per heavy atom. The zero-order valence-electron chi connectivity index (χ0n) is 15.2. The average Bonchev–Trinajstić information content (AvgIpc) is 3.19. The number of amides is 1. The number of hydrogen-bond acceptors (Lipinski definition) is 6. The van der Waals surface area contributed by atoms with Crippen LogP contribution in [0, 0.1) is 0 Å². The quantitative estimate of drug-likeness (QED) is 0.751. The van der Waals surface area contributed by atoms with Crippen LogP contribution >= 0.6 is 11.8 Å². The molecule has 0 N–H and O–H groups in total. The van der Waals surface area contributed by atoms with Gasteiger partial charge in [0.15, 0.2) is 0 Å². The SMILES string of the molecule is Cn1nc(C(=O)N2CCC3(CC2)CN(C2CCSC2)CCO3)ccc1=O. The fourth-order valence-electron chi connectivity index (χ4n) is 4.19. The summed E-state index contributed by atoms with van der Waals surface area (Å²) in [6.45, 7) is 4.15. The monoisotopic (exact) mass is 378 g/mol. The van der Waals surface area contributed by atoms with Gasteiger partial charge >= 0.3 is 0 Å². The Morgan fingerprint density at radius 2 is 2.12 bits per heavy atom. The van der Waals surface area contributed by atoms with E-state index in [1.54, 1.807) is 7.05 Å². The van der Waals surface area contributed by atoms with Crippen molar-refractivity contribution in [2.75, 3.05) is 44.3 Å². The van der Waals surface area contributed by atoms with Crippen molar-refractivity contribution in [1.29, 1.82) is 0 Å². The summed E-state index contributed by atoms with van der Waals surface area (Å²) >= 11 is 2.05. The number of aryl methyl sites for hydroxylation is 1. The van der Waals surface area contributed by atoms with E-state index in [4.69, 9.17) is 4.74 Å². The summed E-state index contributed by atoms with van der Waals surface area (Å²) in [6.07, 6.45) is 3.01. The summed E-state index contributed by atoms with van der Waals surface area (Å²) < 4.78 is 7.43. The maximum atomic E-state index is 12.7. The average molecular weight is 378 g/mol. The molecular formula is C18H26N4O3S. The van der Waals surface area contributed by atoms with Gasteiger partial charge in [-0.2, -0.15) is 16.9 Å². The van der Waals surface area contributed by atoms with Crippen LogP contribution in [0.25, 0.3) is 0 Å². The molecule has 1 unspecified atom stereocenters. The van der Waals surface area contributed by atoms with Crippen LogP contribution in [0.2, 0.25) is 0 Å². The fourth-order valence-corrected chi connectivity index (χ4v) is 5.45. The van der Waals surface area contributed by atoms with Gasteiger partial charge in [0.2, 0.25) is 0 Å². The number of likely N-dealkylation sites (tertiary alicyclic amines) is 1. The van der Waals surface area contributed by atoms with Crippen molar-refractivity contribution >= 4 is 17.7 Å². The van der Waals surface area contributed by atoms with Crippen LogP contribution in [0.5, 0.6) is 0 Å². The number of carbonyl (C=O) groups excluding carboxylic acids is 1. The van der Waals surface area contributed by atoms with Crippen molar-refractivity contribution in [2.45, 2.75) is 30.9 Å². The van der Waals surface area contributed by atoms with Gasteiger partial charge in [-0.25, -0.2) is 4.68 Å². The third kappa shape index (κ3) is 3.54. The van der Waals surface area contributed by atoms with Gasteiger partial charge in [-0.15, -0.1) is 0 Å². The molecule has 142 valence electrons. The van der Waals surface area contributed by atoms with Crippen molar-refractivity contribution in [3.05, 3.63) is 28.2 Å². The molecule has 0 bridgehead atoms. The highest BCUT2D eigenvalue weighted by molar-refractivity contribution is 7.99. The number of thioether (sulfide) groups is 1. The van der Waals surface area contributed by atoms with Crippen LogP contribution in [0.4, 0.5) is 0 Å². The number of nitrogens with zero attached hydrogens (tertiary/aromatic N) is 4. The molecule has 1 aromatic rings. The van der Waals surface area contributed by atoms with Gasteiger partial charge in [-0.1, -0.05) is 0 Å². The first-order valence-electron chi connectivity index (χ1n) is 9.36. The third-order valence-electron chi connectivity index (χ3n) is 5.84. The minimum absolute atomic E-state index is 0.102. The highest BCUT2D eigenvalue weighted by Gasteiger charge is 2.42. The minimum Gasteiger partial charge on any atom is -0.372 e. The summed E-state index contributed by atoms with van der Waals surface area (Å²) in [5.41, 5.74) is 0.0105. The molecule has 1 spiro atoms. The van der Waals surface area contributed by atoms with Crippen molar-refractivity contribution < 1.29 is 9.53 Å². The molecule has 0 aromatic carbocycles. The van der Waals surface area contributed by atoms with Crippen molar-refractivity contribution in [2.24, 2.45) is 7.05 Å². The van der Waals surface area contributed by atoms with E-state index in [1.807, 2.05) is 16.7 Å². The smallest absolute Gasteiger partial charge is 0.274 e. The Balaban J connectivity index is 1.39. The van der Waals surface area contributed by atoms with E-state index in [0.29, 0.717) is 24.8 Å². The predicted molar refractivity (Wildman–Crippen MR) is 101 cm³/mol. The first-order chi connectivity index (χ1) is 12.6. The van der Waals surface area contributed by atoms with Crippen LogP contribution in [-0.2, 0) is 11.8 Å². The van der Waals surface area contributed by atoms with Gasteiger partial charge < -0.3 is 9.64 Å². The van der Waals surface area contributed by atoms with Crippen molar-refractivity contribution in [3.63, 3.8) is 0 Å². The molecule has 4 heterocycles. The normalized spacial score (nSPS) is 26.3. The summed E-state index contributed by atoms with van der Waals surface area (Å²) in [5, 5.41) is 4.09. The lowest BCUT2D eigenvalue weighted by atomic mass is 9.88. The zero-order chi connectivity index (χ0) is 18.1. The summed E-state index contributed by atoms with van der Waals surface area (Å²) in [6, 6.07) is 3.61. The Hall–Kier alpha value is -1.38. The van der Waals surface area contributed by atoms with E-state index < -0.39 is 0 Å². The molecular weight excluding hydrogens is 352 g/mol. The third-order valence-corrected chi connectivity index (χ3v) is 6.99. The molecule has 8 heteroatoms.